The number of aliphatic hydroxyl groups excluding tert-OH is 1. The third-order valence-corrected chi connectivity index (χ3v) is 8.56. The van der Waals surface area contributed by atoms with E-state index in [4.69, 9.17) is 4.74 Å². The Morgan fingerprint density at radius 1 is 1.02 bits per heavy atom. The number of carbonyl (C=O) groups is 1. The van der Waals surface area contributed by atoms with Gasteiger partial charge in [-0.1, -0.05) is 12.1 Å². The third kappa shape index (κ3) is 5.96. The molecule has 5 nitrogen and oxygen atoms in total. The van der Waals surface area contributed by atoms with Crippen molar-refractivity contribution in [2.75, 3.05) is 26.2 Å². The van der Waals surface area contributed by atoms with Crippen LogP contribution in [-0.4, -0.2) is 65.2 Å². The summed E-state index contributed by atoms with van der Waals surface area (Å²) in [7, 11) is 0. The Bertz CT molecular complexity index is 1250. The highest BCUT2D eigenvalue weighted by molar-refractivity contribution is 5.86. The van der Waals surface area contributed by atoms with E-state index in [0.717, 1.165) is 0 Å². The minimum absolute atomic E-state index is 0.0715. The first-order valence-corrected chi connectivity index (χ1v) is 13.5. The summed E-state index contributed by atoms with van der Waals surface area (Å²) in [6.45, 7) is 4.90. The van der Waals surface area contributed by atoms with E-state index in [-0.39, 0.29) is 30.1 Å². The van der Waals surface area contributed by atoms with Gasteiger partial charge >= 0.3 is 12.4 Å². The molecule has 3 saturated heterocycles. The number of benzene rings is 2. The van der Waals surface area contributed by atoms with Gasteiger partial charge in [0.25, 0.3) is 0 Å². The quantitative estimate of drug-likeness (QED) is 0.435. The number of hydrogen-bond acceptors (Lipinski definition) is 4. The van der Waals surface area contributed by atoms with Crippen LogP contribution in [0.1, 0.15) is 61.0 Å². The second-order valence-corrected chi connectivity index (χ2v) is 11.7. The van der Waals surface area contributed by atoms with E-state index in [0.29, 0.717) is 50.2 Å². The van der Waals surface area contributed by atoms with Crippen LogP contribution in [0, 0.1) is 11.2 Å². The molecule has 1 amide bonds. The van der Waals surface area contributed by atoms with Gasteiger partial charge in [0.05, 0.1) is 34.9 Å². The van der Waals surface area contributed by atoms with E-state index in [1.807, 2.05) is 11.8 Å². The number of ether oxygens (including phenoxy) is 1. The first-order chi connectivity index (χ1) is 19.0. The van der Waals surface area contributed by atoms with Gasteiger partial charge in [-0.25, -0.2) is 4.39 Å². The van der Waals surface area contributed by atoms with Gasteiger partial charge in [0.15, 0.2) is 0 Å². The molecular weight excluding hydrogens is 557 g/mol. The zero-order valence-electron chi connectivity index (χ0n) is 22.5. The highest BCUT2D eigenvalue weighted by atomic mass is 19.4. The minimum atomic E-state index is -5.00. The average molecular weight is 589 g/mol. The number of aliphatic hydroxyl groups is 1. The number of β-amino-alcohol motifs (C(OH)–C–C–N with tert-alkyl or cyclic N) is 1. The van der Waals surface area contributed by atoms with Crippen LogP contribution in [0.3, 0.4) is 0 Å². The molecule has 12 heteroatoms. The standard InChI is InChI=1S/C29H31F7N2O3/c1-16(18-9-19(28(31,32)33)11-20(10-18)29(34,35)36)41-24-14-38-23(25(24)17-3-5-21(30)6-4-17)12-27(2,26(38)40)15-37-8-7-22(39)13-37/h3-6,9-11,16,22-25,39H,7-8,12-15H2,1-2H3/t16-,22-,23+,24+,25+,27?/m1/s1. The Morgan fingerprint density at radius 2 is 1.63 bits per heavy atom. The van der Waals surface area contributed by atoms with Gasteiger partial charge in [0.1, 0.15) is 5.82 Å². The van der Waals surface area contributed by atoms with Crippen molar-refractivity contribution in [1.82, 2.24) is 9.80 Å². The second-order valence-electron chi connectivity index (χ2n) is 11.7. The Morgan fingerprint density at radius 3 is 2.17 bits per heavy atom. The van der Waals surface area contributed by atoms with Gasteiger partial charge in [0.2, 0.25) is 5.91 Å². The second kappa shape index (κ2) is 10.5. The van der Waals surface area contributed by atoms with Crippen molar-refractivity contribution in [3.63, 3.8) is 0 Å². The van der Waals surface area contributed by atoms with Crippen LogP contribution in [0.5, 0.6) is 0 Å². The Hall–Kier alpha value is -2.70. The van der Waals surface area contributed by atoms with Crippen LogP contribution in [0.2, 0.25) is 0 Å². The molecule has 0 saturated carbocycles. The molecule has 0 spiro atoms. The lowest BCUT2D eigenvalue weighted by atomic mass is 9.80. The van der Waals surface area contributed by atoms with Crippen LogP contribution in [0.4, 0.5) is 30.7 Å². The SMILES string of the molecule is C[C@@H](O[C@H]1CN2C(=O)C(C)(CN3CC[C@@H](O)C3)C[C@H]2[C@@H]1c1ccc(F)cc1)c1cc(C(F)(F)F)cc(C(F)(F)F)c1. The zero-order chi connectivity index (χ0) is 29.9. The van der Waals surface area contributed by atoms with Crippen molar-refractivity contribution in [3.8, 4) is 0 Å². The summed E-state index contributed by atoms with van der Waals surface area (Å²) in [6.07, 6.45) is -11.3. The number of nitrogens with zero attached hydrogens (tertiary/aromatic N) is 2. The number of likely N-dealkylation sites (tertiary alicyclic amines) is 1. The molecule has 3 fully saturated rings. The molecule has 5 rings (SSSR count). The van der Waals surface area contributed by atoms with E-state index in [9.17, 15) is 40.6 Å². The van der Waals surface area contributed by atoms with Crippen LogP contribution in [0.15, 0.2) is 42.5 Å². The Labute approximate surface area is 232 Å². The first kappa shape index (κ1) is 29.8. The normalized spacial score (nSPS) is 29.8. The number of alkyl halides is 6. The fraction of sp³-hybridized carbons (Fsp3) is 0.552. The summed E-state index contributed by atoms with van der Waals surface area (Å²) < 4.78 is 101. The molecular formula is C29H31F7N2O3. The number of carbonyl (C=O) groups excluding carboxylic acids is 1. The molecule has 6 atom stereocenters. The molecule has 2 aromatic rings. The lowest BCUT2D eigenvalue weighted by Crippen LogP contribution is -2.42. The fourth-order valence-corrected chi connectivity index (χ4v) is 6.64. The predicted octanol–water partition coefficient (Wildman–Crippen LogP) is 5.78. The molecule has 1 N–H and O–H groups in total. The van der Waals surface area contributed by atoms with E-state index in [1.54, 1.807) is 17.0 Å². The number of hydrogen-bond donors (Lipinski definition) is 1. The van der Waals surface area contributed by atoms with E-state index in [2.05, 4.69) is 0 Å². The largest absolute Gasteiger partial charge is 0.416 e. The molecule has 224 valence electrons. The molecule has 41 heavy (non-hydrogen) atoms. The summed E-state index contributed by atoms with van der Waals surface area (Å²) in [5.74, 6) is -1.09. The van der Waals surface area contributed by atoms with Gasteiger partial charge in [-0.2, -0.15) is 26.3 Å². The highest BCUT2D eigenvalue weighted by Gasteiger charge is 2.58. The lowest BCUT2D eigenvalue weighted by molar-refractivity contribution is -0.143. The molecule has 0 bridgehead atoms. The Balaban J connectivity index is 1.44. The van der Waals surface area contributed by atoms with Crippen LogP contribution >= 0.6 is 0 Å². The molecule has 1 unspecified atom stereocenters. The molecule has 2 aromatic carbocycles. The van der Waals surface area contributed by atoms with Crippen LogP contribution in [0.25, 0.3) is 0 Å². The monoisotopic (exact) mass is 588 g/mol. The van der Waals surface area contributed by atoms with Gasteiger partial charge < -0.3 is 14.7 Å². The van der Waals surface area contributed by atoms with Crippen LogP contribution < -0.4 is 0 Å². The third-order valence-electron chi connectivity index (χ3n) is 8.56. The molecule has 0 aliphatic carbocycles. The summed E-state index contributed by atoms with van der Waals surface area (Å²) in [4.78, 5) is 17.4. The maximum absolute atomic E-state index is 13.8. The van der Waals surface area contributed by atoms with Gasteiger partial charge in [0, 0.05) is 38.1 Å². The Kier molecular flexibility index (Phi) is 7.65. The van der Waals surface area contributed by atoms with Crippen molar-refractivity contribution in [1.29, 1.82) is 0 Å². The summed E-state index contributed by atoms with van der Waals surface area (Å²) in [5, 5.41) is 9.92. The fourth-order valence-electron chi connectivity index (χ4n) is 6.64. The van der Waals surface area contributed by atoms with Crippen molar-refractivity contribution in [2.24, 2.45) is 5.41 Å². The number of halogens is 7. The molecule has 0 radical (unpaired) electrons. The summed E-state index contributed by atoms with van der Waals surface area (Å²) in [6, 6.07) is 6.66. The molecule has 3 heterocycles. The van der Waals surface area contributed by atoms with Crippen molar-refractivity contribution < 1.29 is 45.4 Å². The van der Waals surface area contributed by atoms with Crippen molar-refractivity contribution in [3.05, 3.63) is 70.5 Å². The molecule has 0 aromatic heterocycles. The number of fused-ring (bicyclic) bond motifs is 1. The smallest absolute Gasteiger partial charge is 0.392 e. The van der Waals surface area contributed by atoms with E-state index in [1.165, 1.54) is 19.1 Å². The summed E-state index contributed by atoms with van der Waals surface area (Å²) in [5.41, 5.74) is -3.26. The summed E-state index contributed by atoms with van der Waals surface area (Å²) >= 11 is 0. The highest BCUT2D eigenvalue weighted by Crippen LogP contribution is 2.49. The minimum Gasteiger partial charge on any atom is -0.392 e. The maximum Gasteiger partial charge on any atom is 0.416 e. The van der Waals surface area contributed by atoms with E-state index >= 15 is 0 Å². The number of rotatable bonds is 6. The molecule has 3 aliphatic heterocycles. The van der Waals surface area contributed by atoms with Gasteiger partial charge in [-0.3, -0.25) is 9.69 Å². The number of amides is 1. The zero-order valence-corrected chi connectivity index (χ0v) is 22.5. The first-order valence-electron chi connectivity index (χ1n) is 13.5. The topological polar surface area (TPSA) is 53.0 Å². The van der Waals surface area contributed by atoms with Crippen molar-refractivity contribution >= 4 is 5.91 Å². The van der Waals surface area contributed by atoms with Crippen molar-refractivity contribution in [2.45, 2.75) is 69.3 Å². The molecule has 3 aliphatic rings. The van der Waals surface area contributed by atoms with E-state index < -0.39 is 58.9 Å². The van der Waals surface area contributed by atoms with Gasteiger partial charge in [-0.05, 0) is 68.1 Å². The van der Waals surface area contributed by atoms with Crippen LogP contribution in [-0.2, 0) is 21.9 Å². The average Bonchev–Trinajstić information content (AvgIpc) is 3.51. The maximum atomic E-state index is 13.8. The lowest BCUT2D eigenvalue weighted by Gasteiger charge is -2.31. The van der Waals surface area contributed by atoms with Gasteiger partial charge in [-0.15, -0.1) is 0 Å². The predicted molar refractivity (Wildman–Crippen MR) is 134 cm³/mol.